The van der Waals surface area contributed by atoms with Crippen molar-refractivity contribution < 1.29 is 13.9 Å². The number of nitrogens with zero attached hydrogens (tertiary/aromatic N) is 2. The highest BCUT2D eigenvalue weighted by Gasteiger charge is 2.12. The first-order valence-corrected chi connectivity index (χ1v) is 8.53. The normalized spacial score (nSPS) is 10.2. The van der Waals surface area contributed by atoms with Crippen molar-refractivity contribution in [3.8, 4) is 23.1 Å². The van der Waals surface area contributed by atoms with Crippen LogP contribution < -0.4 is 10.1 Å². The zero-order valence-electron chi connectivity index (χ0n) is 13.8. The lowest BCUT2D eigenvalue weighted by Crippen LogP contribution is -2.20. The average Bonchev–Trinajstić information content (AvgIpc) is 3.01. The third-order valence-electron chi connectivity index (χ3n) is 3.51. The van der Waals surface area contributed by atoms with Crippen molar-refractivity contribution in [3.63, 3.8) is 0 Å². The maximum Gasteiger partial charge on any atom is 0.264 e. The summed E-state index contributed by atoms with van der Waals surface area (Å²) >= 11 is 1.34. The van der Waals surface area contributed by atoms with Gasteiger partial charge in [0.15, 0.2) is 11.7 Å². The van der Waals surface area contributed by atoms with Gasteiger partial charge in [0, 0.05) is 10.4 Å². The Hall–Kier alpha value is -3.24. The first-order chi connectivity index (χ1) is 12.5. The SMILES string of the molecule is Cc1sc(NC(=O)COc2ccc(C#N)cc2)nc1-c1ccc(F)cc1. The number of hydrogen-bond donors (Lipinski definition) is 1. The van der Waals surface area contributed by atoms with Crippen LogP contribution in [0.3, 0.4) is 0 Å². The van der Waals surface area contributed by atoms with Crippen LogP contribution in [0.2, 0.25) is 0 Å². The third kappa shape index (κ3) is 4.23. The van der Waals surface area contributed by atoms with E-state index in [1.54, 1.807) is 36.4 Å². The molecule has 130 valence electrons. The Morgan fingerprint density at radius 1 is 1.23 bits per heavy atom. The van der Waals surface area contributed by atoms with E-state index < -0.39 is 0 Å². The van der Waals surface area contributed by atoms with Crippen molar-refractivity contribution in [2.24, 2.45) is 0 Å². The molecule has 0 aliphatic heterocycles. The predicted octanol–water partition coefficient (Wildman–Crippen LogP) is 4.15. The van der Waals surface area contributed by atoms with Crippen molar-refractivity contribution in [1.82, 2.24) is 4.98 Å². The summed E-state index contributed by atoms with van der Waals surface area (Å²) in [6.45, 7) is 1.72. The number of halogens is 1. The second kappa shape index (κ2) is 7.76. The summed E-state index contributed by atoms with van der Waals surface area (Å²) in [4.78, 5) is 17.4. The van der Waals surface area contributed by atoms with E-state index in [0.29, 0.717) is 22.1 Å². The zero-order chi connectivity index (χ0) is 18.5. The third-order valence-corrected chi connectivity index (χ3v) is 4.40. The molecule has 3 aromatic rings. The first kappa shape index (κ1) is 17.6. The fourth-order valence-electron chi connectivity index (χ4n) is 2.26. The molecule has 0 aliphatic carbocycles. The number of thiazole rings is 1. The molecule has 5 nitrogen and oxygen atoms in total. The number of amides is 1. The molecule has 1 N–H and O–H groups in total. The van der Waals surface area contributed by atoms with Gasteiger partial charge in [-0.05, 0) is 55.5 Å². The molecule has 0 bridgehead atoms. The van der Waals surface area contributed by atoms with Gasteiger partial charge in [-0.2, -0.15) is 5.26 Å². The van der Waals surface area contributed by atoms with Crippen LogP contribution in [0.1, 0.15) is 10.4 Å². The van der Waals surface area contributed by atoms with Crippen LogP contribution in [0.25, 0.3) is 11.3 Å². The molecule has 1 aromatic heterocycles. The van der Waals surface area contributed by atoms with E-state index in [2.05, 4.69) is 10.3 Å². The Balaban J connectivity index is 1.61. The summed E-state index contributed by atoms with van der Waals surface area (Å²) < 4.78 is 18.4. The number of benzene rings is 2. The molecule has 0 spiro atoms. The molecule has 7 heteroatoms. The van der Waals surface area contributed by atoms with Crippen molar-refractivity contribution in [2.45, 2.75) is 6.92 Å². The maximum atomic E-state index is 13.0. The molecule has 26 heavy (non-hydrogen) atoms. The van der Waals surface area contributed by atoms with Crippen molar-refractivity contribution in [1.29, 1.82) is 5.26 Å². The maximum absolute atomic E-state index is 13.0. The minimum absolute atomic E-state index is 0.170. The molecule has 0 fully saturated rings. The highest BCUT2D eigenvalue weighted by molar-refractivity contribution is 7.16. The van der Waals surface area contributed by atoms with E-state index in [1.807, 2.05) is 13.0 Å². The number of hydrogen-bond acceptors (Lipinski definition) is 5. The van der Waals surface area contributed by atoms with Gasteiger partial charge in [0.1, 0.15) is 11.6 Å². The number of ether oxygens (including phenoxy) is 1. The second-order valence-corrected chi connectivity index (χ2v) is 6.61. The number of nitriles is 1. The van der Waals surface area contributed by atoms with E-state index >= 15 is 0 Å². The quantitative estimate of drug-likeness (QED) is 0.735. The molecule has 0 unspecified atom stereocenters. The van der Waals surface area contributed by atoms with Gasteiger partial charge < -0.3 is 4.74 Å². The number of aryl methyl sites for hydroxylation is 1. The van der Waals surface area contributed by atoms with Crippen molar-refractivity contribution in [3.05, 3.63) is 64.8 Å². The van der Waals surface area contributed by atoms with E-state index in [4.69, 9.17) is 10.00 Å². The van der Waals surface area contributed by atoms with E-state index in [9.17, 15) is 9.18 Å². The van der Waals surface area contributed by atoms with Crippen LogP contribution in [-0.2, 0) is 4.79 Å². The van der Waals surface area contributed by atoms with Gasteiger partial charge in [-0.25, -0.2) is 9.37 Å². The van der Waals surface area contributed by atoms with Gasteiger partial charge in [0.05, 0.1) is 17.3 Å². The molecule has 0 atom stereocenters. The molecule has 1 amide bonds. The zero-order valence-corrected chi connectivity index (χ0v) is 14.6. The van der Waals surface area contributed by atoms with Gasteiger partial charge in [-0.1, -0.05) is 0 Å². The Labute approximate surface area is 153 Å². The van der Waals surface area contributed by atoms with Crippen LogP contribution in [0, 0.1) is 24.1 Å². The average molecular weight is 367 g/mol. The molecular weight excluding hydrogens is 353 g/mol. The van der Waals surface area contributed by atoms with Gasteiger partial charge in [-0.15, -0.1) is 11.3 Å². The van der Waals surface area contributed by atoms with Gasteiger partial charge in [0.2, 0.25) is 0 Å². The van der Waals surface area contributed by atoms with Crippen LogP contribution in [0.4, 0.5) is 9.52 Å². The van der Waals surface area contributed by atoms with Gasteiger partial charge in [0.25, 0.3) is 5.91 Å². The van der Waals surface area contributed by atoms with Crippen molar-refractivity contribution >= 4 is 22.4 Å². The number of aromatic nitrogens is 1. The highest BCUT2D eigenvalue weighted by Crippen LogP contribution is 2.30. The Bertz CT molecular complexity index is 960. The lowest BCUT2D eigenvalue weighted by atomic mass is 10.1. The highest BCUT2D eigenvalue weighted by atomic mass is 32.1. The lowest BCUT2D eigenvalue weighted by molar-refractivity contribution is -0.118. The molecule has 0 radical (unpaired) electrons. The Morgan fingerprint density at radius 2 is 1.92 bits per heavy atom. The van der Waals surface area contributed by atoms with Crippen LogP contribution in [0.15, 0.2) is 48.5 Å². The largest absolute Gasteiger partial charge is 0.484 e. The van der Waals surface area contributed by atoms with Gasteiger partial charge in [-0.3, -0.25) is 10.1 Å². The summed E-state index contributed by atoms with van der Waals surface area (Å²) in [5.74, 6) is -0.148. The van der Waals surface area contributed by atoms with Gasteiger partial charge >= 0.3 is 0 Å². The Kier molecular flexibility index (Phi) is 5.25. The summed E-state index contributed by atoms with van der Waals surface area (Å²) in [6, 6.07) is 14.6. The number of anilines is 1. The van der Waals surface area contributed by atoms with Crippen LogP contribution >= 0.6 is 11.3 Å². The van der Waals surface area contributed by atoms with E-state index in [-0.39, 0.29) is 18.3 Å². The summed E-state index contributed by atoms with van der Waals surface area (Å²) in [6.07, 6.45) is 0. The number of carbonyl (C=O) groups excluding carboxylic acids is 1. The van der Waals surface area contributed by atoms with E-state index in [0.717, 1.165) is 10.4 Å². The Morgan fingerprint density at radius 3 is 2.58 bits per heavy atom. The minimum Gasteiger partial charge on any atom is -0.484 e. The smallest absolute Gasteiger partial charge is 0.264 e. The summed E-state index contributed by atoms with van der Waals surface area (Å²) in [5, 5.41) is 11.9. The second-order valence-electron chi connectivity index (χ2n) is 5.40. The summed E-state index contributed by atoms with van der Waals surface area (Å²) in [7, 11) is 0. The minimum atomic E-state index is -0.339. The molecule has 1 heterocycles. The monoisotopic (exact) mass is 367 g/mol. The molecule has 0 saturated heterocycles. The molecular formula is C19H14FN3O2S. The molecule has 0 saturated carbocycles. The van der Waals surface area contributed by atoms with Crippen molar-refractivity contribution in [2.75, 3.05) is 11.9 Å². The first-order valence-electron chi connectivity index (χ1n) is 7.71. The fourth-order valence-corrected chi connectivity index (χ4v) is 3.11. The van der Waals surface area contributed by atoms with E-state index in [1.165, 1.54) is 23.5 Å². The number of carbonyl (C=O) groups is 1. The molecule has 2 aromatic carbocycles. The lowest BCUT2D eigenvalue weighted by Gasteiger charge is -2.05. The predicted molar refractivity (Wildman–Crippen MR) is 97.5 cm³/mol. The molecule has 0 aliphatic rings. The van der Waals surface area contributed by atoms with Crippen LogP contribution in [0.5, 0.6) is 5.75 Å². The number of nitrogens with one attached hydrogen (secondary N) is 1. The summed E-state index contributed by atoms with van der Waals surface area (Å²) in [5.41, 5.74) is 2.01. The van der Waals surface area contributed by atoms with Crippen LogP contribution in [-0.4, -0.2) is 17.5 Å². The topological polar surface area (TPSA) is 75.0 Å². The standard InChI is InChI=1S/C19H14FN3O2S/c1-12-18(14-4-6-15(20)7-5-14)23-19(26-12)22-17(24)11-25-16-8-2-13(10-21)3-9-16/h2-9H,11H2,1H3,(H,22,23,24). The fraction of sp³-hybridized carbons (Fsp3) is 0.105. The molecule has 3 rings (SSSR count). The number of rotatable bonds is 5.